The van der Waals surface area contributed by atoms with Crippen molar-refractivity contribution < 1.29 is 19.1 Å². The zero-order valence-electron chi connectivity index (χ0n) is 19.0. The number of esters is 2. The number of fused-ring (bicyclic) bond motifs is 5. The Bertz CT molecular complexity index is 659. The monoisotopic (exact) mass is 404 g/mol. The van der Waals surface area contributed by atoms with Crippen molar-refractivity contribution in [2.45, 2.75) is 105 Å². The highest BCUT2D eigenvalue weighted by Gasteiger charge is 2.61. The molecule has 0 saturated heterocycles. The maximum absolute atomic E-state index is 11.5. The molecule has 0 aromatic carbocycles. The predicted molar refractivity (Wildman–Crippen MR) is 112 cm³/mol. The highest BCUT2D eigenvalue weighted by molar-refractivity contribution is 5.66. The minimum Gasteiger partial charge on any atom is -0.463 e. The van der Waals surface area contributed by atoms with Crippen LogP contribution in [0.2, 0.25) is 0 Å². The molecule has 9 atom stereocenters. The van der Waals surface area contributed by atoms with E-state index in [1.807, 2.05) is 0 Å². The van der Waals surface area contributed by atoms with Crippen molar-refractivity contribution in [3.8, 4) is 0 Å². The normalized spacial score (nSPS) is 47.3. The van der Waals surface area contributed by atoms with E-state index in [-0.39, 0.29) is 24.1 Å². The molecule has 0 spiro atoms. The Kier molecular flexibility index (Phi) is 5.53. The smallest absolute Gasteiger partial charge is 0.302 e. The molecule has 0 aromatic rings. The first-order valence-electron chi connectivity index (χ1n) is 12.0. The Morgan fingerprint density at radius 3 is 2.24 bits per heavy atom. The highest BCUT2D eigenvalue weighted by Crippen LogP contribution is 2.68. The summed E-state index contributed by atoms with van der Waals surface area (Å²) in [5, 5.41) is 0. The highest BCUT2D eigenvalue weighted by atomic mass is 16.5. The van der Waals surface area contributed by atoms with Gasteiger partial charge in [-0.3, -0.25) is 9.59 Å². The van der Waals surface area contributed by atoms with E-state index >= 15 is 0 Å². The summed E-state index contributed by atoms with van der Waals surface area (Å²) in [4.78, 5) is 23.0. The maximum atomic E-state index is 11.5. The molecule has 4 nitrogen and oxygen atoms in total. The molecule has 0 aromatic heterocycles. The van der Waals surface area contributed by atoms with Gasteiger partial charge in [-0.2, -0.15) is 0 Å². The Hall–Kier alpha value is -1.06. The molecule has 4 aliphatic carbocycles. The lowest BCUT2D eigenvalue weighted by atomic mass is 9.44. The first kappa shape index (κ1) is 21.2. The van der Waals surface area contributed by atoms with Crippen molar-refractivity contribution in [2.75, 3.05) is 0 Å². The Labute approximate surface area is 176 Å². The van der Waals surface area contributed by atoms with Crippen LogP contribution in [0.15, 0.2) is 0 Å². The molecule has 29 heavy (non-hydrogen) atoms. The third-order valence-electron chi connectivity index (χ3n) is 9.94. The Balaban J connectivity index is 1.50. The van der Waals surface area contributed by atoms with Gasteiger partial charge in [0.25, 0.3) is 0 Å². The predicted octanol–water partition coefficient (Wildman–Crippen LogP) is 5.53. The van der Waals surface area contributed by atoms with Crippen LogP contribution in [0.3, 0.4) is 0 Å². The Morgan fingerprint density at radius 2 is 1.55 bits per heavy atom. The molecule has 0 N–H and O–H groups in total. The lowest BCUT2D eigenvalue weighted by molar-refractivity contribution is -0.164. The van der Waals surface area contributed by atoms with Crippen LogP contribution in [0.5, 0.6) is 0 Å². The van der Waals surface area contributed by atoms with Gasteiger partial charge in [-0.15, -0.1) is 0 Å². The third-order valence-corrected chi connectivity index (χ3v) is 9.94. The summed E-state index contributed by atoms with van der Waals surface area (Å²) < 4.78 is 11.3. The van der Waals surface area contributed by atoms with Gasteiger partial charge in [-0.1, -0.05) is 13.8 Å². The van der Waals surface area contributed by atoms with Crippen LogP contribution >= 0.6 is 0 Å². The quantitative estimate of drug-likeness (QED) is 0.581. The molecule has 4 fully saturated rings. The number of carbonyl (C=O) groups is 2. The van der Waals surface area contributed by atoms with Crippen molar-refractivity contribution in [1.82, 2.24) is 0 Å². The summed E-state index contributed by atoms with van der Waals surface area (Å²) >= 11 is 0. The molecule has 7 unspecified atom stereocenters. The second-order valence-electron chi connectivity index (χ2n) is 11.2. The fourth-order valence-corrected chi connectivity index (χ4v) is 8.72. The zero-order valence-corrected chi connectivity index (χ0v) is 19.0. The van der Waals surface area contributed by atoms with Gasteiger partial charge in [-0.25, -0.2) is 0 Å². The van der Waals surface area contributed by atoms with E-state index in [0.29, 0.717) is 22.7 Å². The molecule has 4 rings (SSSR count). The Morgan fingerprint density at radius 1 is 0.862 bits per heavy atom. The zero-order chi connectivity index (χ0) is 21.0. The number of rotatable bonds is 3. The average molecular weight is 405 g/mol. The molecular formula is C25H40O4. The van der Waals surface area contributed by atoms with Gasteiger partial charge in [0, 0.05) is 19.8 Å². The summed E-state index contributed by atoms with van der Waals surface area (Å²) in [5.41, 5.74) is 0.717. The van der Waals surface area contributed by atoms with E-state index in [1.165, 1.54) is 51.9 Å². The fraction of sp³-hybridized carbons (Fsp3) is 0.920. The summed E-state index contributed by atoms with van der Waals surface area (Å²) in [5.74, 6) is 3.32. The van der Waals surface area contributed by atoms with Crippen molar-refractivity contribution in [3.63, 3.8) is 0 Å². The summed E-state index contributed by atoms with van der Waals surface area (Å²) in [6.07, 6.45) is 11.2. The number of ether oxygens (including phenoxy) is 2. The molecule has 0 bridgehead atoms. The van der Waals surface area contributed by atoms with Crippen LogP contribution in [0.4, 0.5) is 0 Å². The SMILES string of the molecule is CC(=O)OC1CC[C@@]2(C)C(CCC3C4CCC(C(C)OC(C)=O)[C@@]4(C)CCC32)C1. The van der Waals surface area contributed by atoms with Crippen LogP contribution in [-0.2, 0) is 19.1 Å². The van der Waals surface area contributed by atoms with E-state index in [2.05, 4.69) is 20.8 Å². The number of carbonyl (C=O) groups excluding carboxylic acids is 2. The molecule has 0 amide bonds. The molecule has 0 heterocycles. The van der Waals surface area contributed by atoms with Crippen LogP contribution in [-0.4, -0.2) is 24.1 Å². The van der Waals surface area contributed by atoms with Crippen LogP contribution < -0.4 is 0 Å². The standard InChI is InChI=1S/C25H40O4/c1-15(28-16(2)26)21-8-9-22-20-7-6-18-14-19(29-17(3)27)10-12-24(18,4)23(20)11-13-25(21,22)5/h15,18-23H,6-14H2,1-5H3/t15?,18?,19?,20?,21?,22?,23?,24-,25+/m0/s1. The molecule has 4 saturated carbocycles. The van der Waals surface area contributed by atoms with E-state index in [0.717, 1.165) is 30.6 Å². The van der Waals surface area contributed by atoms with Gasteiger partial charge in [-0.05, 0) is 99.2 Å². The topological polar surface area (TPSA) is 52.6 Å². The molecule has 0 aliphatic heterocycles. The largest absolute Gasteiger partial charge is 0.463 e. The number of hydrogen-bond donors (Lipinski definition) is 0. The lowest BCUT2D eigenvalue weighted by Gasteiger charge is -2.61. The van der Waals surface area contributed by atoms with E-state index in [9.17, 15) is 9.59 Å². The molecule has 4 aliphatic rings. The number of hydrogen-bond acceptors (Lipinski definition) is 4. The van der Waals surface area contributed by atoms with Gasteiger partial charge in [0.15, 0.2) is 0 Å². The average Bonchev–Trinajstić information content (AvgIpc) is 2.98. The second kappa shape index (κ2) is 7.57. The minimum atomic E-state index is -0.143. The molecule has 164 valence electrons. The maximum Gasteiger partial charge on any atom is 0.302 e. The van der Waals surface area contributed by atoms with E-state index in [1.54, 1.807) is 6.92 Å². The van der Waals surface area contributed by atoms with Crippen LogP contribution in [0.25, 0.3) is 0 Å². The van der Waals surface area contributed by atoms with Crippen molar-refractivity contribution >= 4 is 11.9 Å². The summed E-state index contributed by atoms with van der Waals surface area (Å²) in [7, 11) is 0. The second-order valence-corrected chi connectivity index (χ2v) is 11.2. The minimum absolute atomic E-state index is 0.0325. The third kappa shape index (κ3) is 3.53. The summed E-state index contributed by atoms with van der Waals surface area (Å²) in [6, 6.07) is 0. The van der Waals surface area contributed by atoms with Crippen LogP contribution in [0.1, 0.15) is 92.4 Å². The summed E-state index contributed by atoms with van der Waals surface area (Å²) in [6.45, 7) is 10.2. The molecular weight excluding hydrogens is 364 g/mol. The molecule has 4 heteroatoms. The van der Waals surface area contributed by atoms with Crippen molar-refractivity contribution in [1.29, 1.82) is 0 Å². The van der Waals surface area contributed by atoms with Crippen molar-refractivity contribution in [3.05, 3.63) is 0 Å². The van der Waals surface area contributed by atoms with E-state index in [4.69, 9.17) is 9.47 Å². The first-order chi connectivity index (χ1) is 13.6. The lowest BCUT2D eigenvalue weighted by Crippen LogP contribution is -2.54. The van der Waals surface area contributed by atoms with Gasteiger partial charge in [0.1, 0.15) is 12.2 Å². The molecule has 0 radical (unpaired) electrons. The van der Waals surface area contributed by atoms with E-state index < -0.39 is 0 Å². The van der Waals surface area contributed by atoms with Gasteiger partial charge in [0.2, 0.25) is 0 Å². The van der Waals surface area contributed by atoms with Gasteiger partial charge >= 0.3 is 11.9 Å². The fourth-order valence-electron chi connectivity index (χ4n) is 8.72. The van der Waals surface area contributed by atoms with Gasteiger partial charge in [0.05, 0.1) is 0 Å². The first-order valence-corrected chi connectivity index (χ1v) is 12.0. The van der Waals surface area contributed by atoms with Crippen molar-refractivity contribution in [2.24, 2.45) is 40.4 Å². The van der Waals surface area contributed by atoms with Crippen LogP contribution in [0, 0.1) is 40.4 Å². The van der Waals surface area contributed by atoms with Gasteiger partial charge < -0.3 is 9.47 Å².